The lowest BCUT2D eigenvalue weighted by Crippen LogP contribution is -2.09. The number of aromatic hydroxyl groups is 1. The van der Waals surface area contributed by atoms with Crippen LogP contribution in [-0.4, -0.2) is 42.7 Å². The van der Waals surface area contributed by atoms with Crippen LogP contribution < -0.4 is 15.0 Å². The number of aromatic amines is 1. The topological polar surface area (TPSA) is 110 Å². The third kappa shape index (κ3) is 4.42. The number of benzene rings is 2. The molecule has 3 N–H and O–H groups in total. The van der Waals surface area contributed by atoms with Gasteiger partial charge < -0.3 is 20.1 Å². The van der Waals surface area contributed by atoms with Gasteiger partial charge in [-0.3, -0.25) is 5.10 Å². The number of methoxy groups -OCH3 is 1. The molecule has 0 saturated heterocycles. The average Bonchev–Trinajstić information content (AvgIpc) is 3.08. The number of halogens is 1. The summed E-state index contributed by atoms with van der Waals surface area (Å²) >= 11 is 5.99. The normalized spacial score (nSPS) is 10.7. The fourth-order valence-electron chi connectivity index (χ4n) is 2.65. The van der Waals surface area contributed by atoms with Crippen molar-refractivity contribution in [1.29, 1.82) is 5.26 Å². The second-order valence-electron chi connectivity index (χ2n) is 6.29. The van der Waals surface area contributed by atoms with Crippen molar-refractivity contribution in [3.05, 3.63) is 52.5 Å². The summed E-state index contributed by atoms with van der Waals surface area (Å²) in [7, 11) is 5.10. The molecule has 0 fully saturated rings. The maximum Gasteiger partial charge on any atom is 0.181 e. The lowest BCUT2D eigenvalue weighted by molar-refractivity contribution is 0.374. The number of hydrogen-bond donors (Lipinski definition) is 3. The van der Waals surface area contributed by atoms with Crippen LogP contribution in [0.25, 0.3) is 0 Å². The number of H-pyrrole nitrogens is 1. The van der Waals surface area contributed by atoms with E-state index in [0.717, 1.165) is 0 Å². The summed E-state index contributed by atoms with van der Waals surface area (Å²) in [5.74, 6) is 1.02. The van der Waals surface area contributed by atoms with Crippen LogP contribution >= 0.6 is 11.6 Å². The Hall–Kier alpha value is -3.70. The molecule has 2 aromatic carbocycles. The van der Waals surface area contributed by atoms with Crippen molar-refractivity contribution in [2.75, 3.05) is 31.4 Å². The van der Waals surface area contributed by atoms with Crippen LogP contribution in [0, 0.1) is 11.3 Å². The van der Waals surface area contributed by atoms with Crippen LogP contribution in [-0.2, 0) is 0 Å². The van der Waals surface area contributed by atoms with Crippen molar-refractivity contribution in [3.63, 3.8) is 0 Å². The van der Waals surface area contributed by atoms with E-state index < -0.39 is 0 Å². The van der Waals surface area contributed by atoms with Crippen LogP contribution in [0.15, 0.2) is 41.4 Å². The molecule has 3 rings (SSSR count). The maximum absolute atomic E-state index is 10.2. The van der Waals surface area contributed by atoms with E-state index in [0.29, 0.717) is 39.3 Å². The minimum Gasteiger partial charge on any atom is -0.503 e. The van der Waals surface area contributed by atoms with Gasteiger partial charge in [0, 0.05) is 31.0 Å². The van der Waals surface area contributed by atoms with E-state index in [1.807, 2.05) is 20.2 Å². The zero-order valence-electron chi connectivity index (χ0n) is 16.1. The molecule has 0 bridgehead atoms. The van der Waals surface area contributed by atoms with Crippen LogP contribution in [0.3, 0.4) is 0 Å². The highest BCUT2D eigenvalue weighted by atomic mass is 35.5. The van der Waals surface area contributed by atoms with Gasteiger partial charge >= 0.3 is 0 Å². The molecule has 0 aliphatic rings. The summed E-state index contributed by atoms with van der Waals surface area (Å²) in [5, 5.41) is 30.3. The second kappa shape index (κ2) is 8.54. The van der Waals surface area contributed by atoms with Crippen molar-refractivity contribution < 1.29 is 9.84 Å². The summed E-state index contributed by atoms with van der Waals surface area (Å²) in [4.78, 5) is 6.11. The zero-order chi connectivity index (χ0) is 21.0. The summed E-state index contributed by atoms with van der Waals surface area (Å²) in [5.41, 5.74) is 2.24. The zero-order valence-corrected chi connectivity index (χ0v) is 16.8. The number of hydrogen-bond acceptors (Lipinski definition) is 7. The van der Waals surface area contributed by atoms with Crippen LogP contribution in [0.5, 0.6) is 11.5 Å². The first-order chi connectivity index (χ1) is 13.9. The monoisotopic (exact) mass is 410 g/mol. The molecular formula is C20H19ClN6O2. The van der Waals surface area contributed by atoms with E-state index in [1.54, 1.807) is 41.4 Å². The molecule has 0 aliphatic carbocycles. The molecule has 0 unspecified atom stereocenters. The van der Waals surface area contributed by atoms with Crippen LogP contribution in [0.4, 0.5) is 23.0 Å². The first-order valence-corrected chi connectivity index (χ1v) is 8.94. The van der Waals surface area contributed by atoms with Gasteiger partial charge in [-0.05, 0) is 35.9 Å². The van der Waals surface area contributed by atoms with Gasteiger partial charge in [-0.25, -0.2) is 4.99 Å². The van der Waals surface area contributed by atoms with Gasteiger partial charge in [0.1, 0.15) is 11.6 Å². The maximum atomic E-state index is 10.2. The smallest absolute Gasteiger partial charge is 0.181 e. The fourth-order valence-corrected chi connectivity index (χ4v) is 2.84. The Balaban J connectivity index is 1.91. The predicted molar refractivity (Wildman–Crippen MR) is 114 cm³/mol. The number of ether oxygens (including phenoxy) is 1. The summed E-state index contributed by atoms with van der Waals surface area (Å²) in [6, 6.07) is 12.6. The largest absolute Gasteiger partial charge is 0.503 e. The molecule has 3 aromatic rings. The SMILES string of the molecule is COc1cc(/C=N/c2[nH]nc(Nc3cccc(Cl)c3)c2C#N)cc(N(C)C)c1O. The molecule has 0 atom stereocenters. The number of aliphatic imine (C=N–C) groups is 1. The molecule has 0 saturated carbocycles. The van der Waals surface area contributed by atoms with Gasteiger partial charge in [0.2, 0.25) is 0 Å². The lowest BCUT2D eigenvalue weighted by Gasteiger charge is -2.17. The molecule has 9 heteroatoms. The Labute approximate surface area is 173 Å². The fraction of sp³-hybridized carbons (Fsp3) is 0.150. The minimum absolute atomic E-state index is 0.0434. The van der Waals surface area contributed by atoms with E-state index in [-0.39, 0.29) is 11.3 Å². The van der Waals surface area contributed by atoms with Crippen molar-refractivity contribution in [2.24, 2.45) is 4.99 Å². The summed E-state index contributed by atoms with van der Waals surface area (Å²) < 4.78 is 5.22. The quantitative estimate of drug-likeness (QED) is 0.525. The average molecular weight is 411 g/mol. The molecule has 0 amide bonds. The first-order valence-electron chi connectivity index (χ1n) is 8.56. The molecule has 29 heavy (non-hydrogen) atoms. The number of rotatable bonds is 6. The number of anilines is 3. The molecule has 8 nitrogen and oxygen atoms in total. The van der Waals surface area contributed by atoms with Gasteiger partial charge in [-0.1, -0.05) is 17.7 Å². The highest BCUT2D eigenvalue weighted by molar-refractivity contribution is 6.30. The van der Waals surface area contributed by atoms with Gasteiger partial charge in [-0.15, -0.1) is 0 Å². The lowest BCUT2D eigenvalue weighted by atomic mass is 10.1. The van der Waals surface area contributed by atoms with Gasteiger partial charge in [0.25, 0.3) is 0 Å². The summed E-state index contributed by atoms with van der Waals surface area (Å²) in [6.07, 6.45) is 1.56. The molecule has 148 valence electrons. The number of nitrogens with one attached hydrogen (secondary N) is 2. The van der Waals surface area contributed by atoms with Crippen molar-refractivity contribution in [3.8, 4) is 17.6 Å². The molecule has 0 radical (unpaired) electrons. The Morgan fingerprint density at radius 1 is 1.34 bits per heavy atom. The third-order valence-electron chi connectivity index (χ3n) is 4.07. The Bertz CT molecular complexity index is 1100. The third-order valence-corrected chi connectivity index (χ3v) is 4.30. The Morgan fingerprint density at radius 3 is 2.79 bits per heavy atom. The van der Waals surface area contributed by atoms with Gasteiger partial charge in [-0.2, -0.15) is 10.4 Å². The van der Waals surface area contributed by atoms with Gasteiger partial charge in [0.05, 0.1) is 12.8 Å². The molecule has 1 heterocycles. The van der Waals surface area contributed by atoms with E-state index in [4.69, 9.17) is 16.3 Å². The van der Waals surface area contributed by atoms with Crippen molar-refractivity contribution >= 4 is 40.8 Å². The van der Waals surface area contributed by atoms with E-state index >= 15 is 0 Å². The number of nitrogens with zero attached hydrogens (tertiary/aromatic N) is 4. The molecule has 0 aliphatic heterocycles. The standard InChI is InChI=1S/C20H19ClN6O2/c1-27(2)16-7-12(8-17(29-3)18(16)28)11-23-19-15(10-22)20(26-25-19)24-14-6-4-5-13(21)9-14/h4-9,11,28H,1-3H3,(H2,24,25,26)/b23-11+. The van der Waals surface area contributed by atoms with Crippen LogP contribution in [0.1, 0.15) is 11.1 Å². The number of phenols is 1. The first kappa shape index (κ1) is 20.0. The minimum atomic E-state index is 0.0434. The number of nitriles is 1. The van der Waals surface area contributed by atoms with Crippen molar-refractivity contribution in [2.45, 2.75) is 0 Å². The van der Waals surface area contributed by atoms with E-state index in [1.165, 1.54) is 7.11 Å². The number of phenolic OH excluding ortho intramolecular Hbond substituents is 1. The Morgan fingerprint density at radius 2 is 2.14 bits per heavy atom. The van der Waals surface area contributed by atoms with E-state index in [2.05, 4.69) is 26.6 Å². The predicted octanol–water partition coefficient (Wildman–Crippen LogP) is 4.21. The molecule has 1 aromatic heterocycles. The second-order valence-corrected chi connectivity index (χ2v) is 6.72. The van der Waals surface area contributed by atoms with E-state index in [9.17, 15) is 10.4 Å². The molecular weight excluding hydrogens is 392 g/mol. The highest BCUT2D eigenvalue weighted by Crippen LogP contribution is 2.36. The highest BCUT2D eigenvalue weighted by Gasteiger charge is 2.14. The van der Waals surface area contributed by atoms with Crippen molar-refractivity contribution in [1.82, 2.24) is 10.2 Å². The summed E-state index contributed by atoms with van der Waals surface area (Å²) in [6.45, 7) is 0. The van der Waals surface area contributed by atoms with Crippen LogP contribution in [0.2, 0.25) is 5.02 Å². The number of aromatic nitrogens is 2. The Kier molecular flexibility index (Phi) is 5.90. The van der Waals surface area contributed by atoms with Gasteiger partial charge in [0.15, 0.2) is 23.1 Å². The molecule has 0 spiro atoms.